The van der Waals surface area contributed by atoms with Crippen LogP contribution in [0.2, 0.25) is 0 Å². The molecule has 2 aromatic rings. The summed E-state index contributed by atoms with van der Waals surface area (Å²) in [4.78, 5) is 0. The Hall–Kier alpha value is -1.67. The van der Waals surface area contributed by atoms with Crippen molar-refractivity contribution in [3.05, 3.63) is 69.5 Å². The highest BCUT2D eigenvalue weighted by Gasteiger charge is 2.19. The number of aryl methyl sites for hydroxylation is 4. The Morgan fingerprint density at radius 3 is 2.10 bits per heavy atom. The number of hydrogen-bond acceptors (Lipinski definition) is 1. The first-order valence-corrected chi connectivity index (χ1v) is 7.51. The van der Waals surface area contributed by atoms with Gasteiger partial charge in [-0.1, -0.05) is 30.7 Å². The van der Waals surface area contributed by atoms with Crippen molar-refractivity contribution >= 4 is 0 Å². The van der Waals surface area contributed by atoms with Crippen LogP contribution in [0.25, 0.3) is 0 Å². The van der Waals surface area contributed by atoms with E-state index >= 15 is 0 Å². The summed E-state index contributed by atoms with van der Waals surface area (Å²) in [6, 6.07) is 9.59. The number of nitrogens with one attached hydrogen (secondary N) is 1. The molecule has 0 heterocycles. The van der Waals surface area contributed by atoms with E-state index in [4.69, 9.17) is 0 Å². The third-order valence-corrected chi connectivity index (χ3v) is 3.98. The summed E-state index contributed by atoms with van der Waals surface area (Å²) in [5, 5.41) is 3.55. The monoisotopic (exact) mass is 285 g/mol. The second kappa shape index (κ2) is 6.40. The summed E-state index contributed by atoms with van der Waals surface area (Å²) in [5.41, 5.74) is 7.27. The van der Waals surface area contributed by atoms with Gasteiger partial charge < -0.3 is 5.32 Å². The van der Waals surface area contributed by atoms with E-state index in [0.717, 1.165) is 17.7 Å². The first kappa shape index (κ1) is 15.7. The molecule has 0 amide bonds. The normalized spacial score (nSPS) is 12.5. The van der Waals surface area contributed by atoms with Crippen LogP contribution in [-0.4, -0.2) is 6.54 Å². The molecule has 2 heteroatoms. The zero-order valence-corrected chi connectivity index (χ0v) is 13.5. The molecule has 1 N–H and O–H groups in total. The third kappa shape index (κ3) is 3.33. The van der Waals surface area contributed by atoms with Gasteiger partial charge in [0.05, 0.1) is 6.04 Å². The van der Waals surface area contributed by atoms with Gasteiger partial charge in [0.15, 0.2) is 0 Å². The third-order valence-electron chi connectivity index (χ3n) is 3.98. The van der Waals surface area contributed by atoms with E-state index in [9.17, 15) is 4.39 Å². The van der Waals surface area contributed by atoms with Crippen molar-refractivity contribution in [1.82, 2.24) is 5.32 Å². The molecule has 0 saturated heterocycles. The van der Waals surface area contributed by atoms with E-state index < -0.39 is 0 Å². The van der Waals surface area contributed by atoms with E-state index in [2.05, 4.69) is 45.1 Å². The van der Waals surface area contributed by atoms with Crippen LogP contribution in [0, 0.1) is 33.5 Å². The maximum atomic E-state index is 13.4. The molecule has 0 bridgehead atoms. The van der Waals surface area contributed by atoms with Crippen LogP contribution in [0.3, 0.4) is 0 Å². The second-order valence-corrected chi connectivity index (χ2v) is 5.80. The van der Waals surface area contributed by atoms with Crippen molar-refractivity contribution in [3.8, 4) is 0 Å². The average Bonchev–Trinajstić information content (AvgIpc) is 2.37. The molecule has 1 nitrogen and oxygen atoms in total. The largest absolute Gasteiger partial charge is 0.307 e. The van der Waals surface area contributed by atoms with Gasteiger partial charge in [0.1, 0.15) is 5.82 Å². The molecular weight excluding hydrogens is 261 g/mol. The number of rotatable bonds is 4. The molecule has 2 aromatic carbocycles. The molecule has 2 rings (SSSR count). The molecule has 0 fully saturated rings. The lowest BCUT2D eigenvalue weighted by Crippen LogP contribution is -2.24. The van der Waals surface area contributed by atoms with Gasteiger partial charge in [-0.15, -0.1) is 0 Å². The smallest absolute Gasteiger partial charge is 0.123 e. The molecule has 1 unspecified atom stereocenters. The van der Waals surface area contributed by atoms with Crippen molar-refractivity contribution < 1.29 is 4.39 Å². The first-order valence-electron chi connectivity index (χ1n) is 7.51. The fourth-order valence-corrected chi connectivity index (χ4v) is 3.18. The summed E-state index contributed by atoms with van der Waals surface area (Å²) < 4.78 is 13.4. The van der Waals surface area contributed by atoms with Gasteiger partial charge in [-0.2, -0.15) is 0 Å². The van der Waals surface area contributed by atoms with Crippen molar-refractivity contribution in [2.75, 3.05) is 6.54 Å². The first-order chi connectivity index (χ1) is 9.93. The van der Waals surface area contributed by atoms with Gasteiger partial charge in [0, 0.05) is 0 Å². The highest BCUT2D eigenvalue weighted by molar-refractivity contribution is 5.46. The summed E-state index contributed by atoms with van der Waals surface area (Å²) in [6.45, 7) is 11.4. The molecule has 0 radical (unpaired) electrons. The highest BCUT2D eigenvalue weighted by Crippen LogP contribution is 2.30. The molecular formula is C19H24FN. The molecule has 112 valence electrons. The van der Waals surface area contributed by atoms with Crippen LogP contribution in [-0.2, 0) is 0 Å². The lowest BCUT2D eigenvalue weighted by Gasteiger charge is -2.25. The Labute approximate surface area is 127 Å². The van der Waals surface area contributed by atoms with Crippen LogP contribution in [0.1, 0.15) is 46.3 Å². The van der Waals surface area contributed by atoms with Crippen LogP contribution < -0.4 is 5.32 Å². The molecule has 0 aliphatic rings. The van der Waals surface area contributed by atoms with E-state index in [1.54, 1.807) is 12.1 Å². The van der Waals surface area contributed by atoms with Gasteiger partial charge in [0.2, 0.25) is 0 Å². The van der Waals surface area contributed by atoms with Crippen LogP contribution in [0.5, 0.6) is 0 Å². The molecule has 21 heavy (non-hydrogen) atoms. The zero-order valence-electron chi connectivity index (χ0n) is 13.5. The Balaban J connectivity index is 2.59. The van der Waals surface area contributed by atoms with Crippen molar-refractivity contribution in [2.45, 2.75) is 40.7 Å². The van der Waals surface area contributed by atoms with Gasteiger partial charge >= 0.3 is 0 Å². The Morgan fingerprint density at radius 2 is 1.57 bits per heavy atom. The Kier molecular flexibility index (Phi) is 4.79. The lowest BCUT2D eigenvalue weighted by atomic mass is 9.88. The molecule has 0 spiro atoms. The number of hydrogen-bond donors (Lipinski definition) is 1. The maximum absolute atomic E-state index is 13.4. The highest BCUT2D eigenvalue weighted by atomic mass is 19.1. The van der Waals surface area contributed by atoms with Crippen molar-refractivity contribution in [3.63, 3.8) is 0 Å². The van der Waals surface area contributed by atoms with Crippen molar-refractivity contribution in [2.24, 2.45) is 0 Å². The van der Waals surface area contributed by atoms with Gasteiger partial charge in [-0.3, -0.25) is 0 Å². The van der Waals surface area contributed by atoms with E-state index in [1.165, 1.54) is 22.3 Å². The molecule has 0 aliphatic heterocycles. The van der Waals surface area contributed by atoms with Crippen molar-refractivity contribution in [1.29, 1.82) is 0 Å². The van der Waals surface area contributed by atoms with Crippen LogP contribution in [0.15, 0.2) is 30.3 Å². The Bertz CT molecular complexity index is 623. The predicted octanol–water partition coefficient (Wildman–Crippen LogP) is 4.76. The van der Waals surface area contributed by atoms with E-state index in [0.29, 0.717) is 0 Å². The fourth-order valence-electron chi connectivity index (χ4n) is 3.18. The summed E-state index contributed by atoms with van der Waals surface area (Å²) >= 11 is 0. The summed E-state index contributed by atoms with van der Waals surface area (Å²) in [6.07, 6.45) is 0. The minimum absolute atomic E-state index is 0.108. The maximum Gasteiger partial charge on any atom is 0.123 e. The van der Waals surface area contributed by atoms with Crippen LogP contribution in [0.4, 0.5) is 4.39 Å². The SMILES string of the molecule is CCNC(c1ccc(F)cc1C)c1c(C)cc(C)cc1C. The molecule has 1 atom stereocenters. The van der Waals surface area contributed by atoms with Gasteiger partial charge in [-0.05, 0) is 74.2 Å². The fraction of sp³-hybridized carbons (Fsp3) is 0.368. The Morgan fingerprint density at radius 1 is 0.952 bits per heavy atom. The summed E-state index contributed by atoms with van der Waals surface area (Å²) in [5.74, 6) is -0.177. The average molecular weight is 285 g/mol. The van der Waals surface area contributed by atoms with E-state index in [-0.39, 0.29) is 11.9 Å². The zero-order chi connectivity index (χ0) is 15.6. The predicted molar refractivity (Wildman–Crippen MR) is 87.3 cm³/mol. The number of halogens is 1. The van der Waals surface area contributed by atoms with Gasteiger partial charge in [0.25, 0.3) is 0 Å². The van der Waals surface area contributed by atoms with E-state index in [1.807, 2.05) is 13.0 Å². The molecule has 0 saturated carbocycles. The quantitative estimate of drug-likeness (QED) is 0.854. The molecule has 0 aromatic heterocycles. The van der Waals surface area contributed by atoms with Gasteiger partial charge in [-0.25, -0.2) is 4.39 Å². The molecule has 0 aliphatic carbocycles. The topological polar surface area (TPSA) is 12.0 Å². The lowest BCUT2D eigenvalue weighted by molar-refractivity contribution is 0.607. The minimum Gasteiger partial charge on any atom is -0.307 e. The number of benzene rings is 2. The standard InChI is InChI=1S/C19H24FN/c1-6-21-19(17-8-7-16(20)11-13(17)3)18-14(4)9-12(2)10-15(18)5/h7-11,19,21H,6H2,1-5H3. The minimum atomic E-state index is -0.177. The second-order valence-electron chi connectivity index (χ2n) is 5.80. The van der Waals surface area contributed by atoms with Crippen LogP contribution >= 0.6 is 0 Å². The summed E-state index contributed by atoms with van der Waals surface area (Å²) in [7, 11) is 0.